The van der Waals surface area contributed by atoms with Crippen LogP contribution in [0, 0.1) is 19.8 Å². The molecule has 1 aliphatic heterocycles. The van der Waals surface area contributed by atoms with Gasteiger partial charge >= 0.3 is 0 Å². The number of hydrogen-bond acceptors (Lipinski definition) is 4. The van der Waals surface area contributed by atoms with Crippen molar-refractivity contribution in [2.45, 2.75) is 46.2 Å². The third-order valence-electron chi connectivity index (χ3n) is 5.93. The molecule has 1 aromatic heterocycles. The smallest absolute Gasteiger partial charge is 0.217 e. The zero-order valence-electron chi connectivity index (χ0n) is 17.4. The van der Waals surface area contributed by atoms with Crippen molar-refractivity contribution in [3.63, 3.8) is 0 Å². The van der Waals surface area contributed by atoms with Crippen molar-refractivity contribution in [2.24, 2.45) is 5.92 Å². The van der Waals surface area contributed by atoms with Crippen LogP contribution in [-0.2, 0) is 11.3 Å². The minimum absolute atomic E-state index is 0.00224. The van der Waals surface area contributed by atoms with Gasteiger partial charge in [0.1, 0.15) is 5.75 Å². The second kappa shape index (κ2) is 9.20. The van der Waals surface area contributed by atoms with Gasteiger partial charge in [-0.3, -0.25) is 14.7 Å². The number of carbonyl (C=O) groups excluding carboxylic acids is 1. The fourth-order valence-electron chi connectivity index (χ4n) is 4.14. The van der Waals surface area contributed by atoms with E-state index in [0.29, 0.717) is 5.92 Å². The van der Waals surface area contributed by atoms with Gasteiger partial charge in [-0.15, -0.1) is 0 Å². The molecule has 1 aliphatic rings. The number of hydrogen-bond donors (Lipinski definition) is 1. The highest BCUT2D eigenvalue weighted by molar-refractivity contribution is 5.73. The summed E-state index contributed by atoms with van der Waals surface area (Å²) < 4.78 is 5.43. The maximum absolute atomic E-state index is 11.7. The molecule has 1 saturated heterocycles. The third-order valence-corrected chi connectivity index (χ3v) is 5.93. The van der Waals surface area contributed by atoms with Crippen molar-refractivity contribution >= 4 is 5.91 Å². The summed E-state index contributed by atoms with van der Waals surface area (Å²) in [5, 5.41) is 3.13. The van der Waals surface area contributed by atoms with Crippen LogP contribution in [0.5, 0.6) is 5.75 Å². The number of aromatic nitrogens is 1. The van der Waals surface area contributed by atoms with E-state index in [1.165, 1.54) is 16.7 Å². The molecule has 0 unspecified atom stereocenters. The van der Waals surface area contributed by atoms with Crippen LogP contribution in [0.2, 0.25) is 0 Å². The largest absolute Gasteiger partial charge is 0.496 e. The Hall–Kier alpha value is -2.40. The van der Waals surface area contributed by atoms with Crippen molar-refractivity contribution in [2.75, 3.05) is 20.2 Å². The number of carbonyl (C=O) groups is 1. The van der Waals surface area contributed by atoms with Crippen molar-refractivity contribution in [3.8, 4) is 5.75 Å². The van der Waals surface area contributed by atoms with Crippen LogP contribution in [0.15, 0.2) is 36.5 Å². The summed E-state index contributed by atoms with van der Waals surface area (Å²) in [5.41, 5.74) is 4.85. The number of methoxy groups -OCH3 is 1. The lowest BCUT2D eigenvalue weighted by Gasteiger charge is -2.36. The number of amides is 1. The Labute approximate surface area is 168 Å². The number of benzene rings is 1. The highest BCUT2D eigenvalue weighted by atomic mass is 16.5. The monoisotopic (exact) mass is 381 g/mol. The van der Waals surface area contributed by atoms with E-state index in [4.69, 9.17) is 4.74 Å². The van der Waals surface area contributed by atoms with Gasteiger partial charge in [0.2, 0.25) is 5.91 Å². The predicted molar refractivity (Wildman–Crippen MR) is 111 cm³/mol. The van der Waals surface area contributed by atoms with Gasteiger partial charge in [-0.1, -0.05) is 12.1 Å². The molecule has 2 aromatic rings. The quantitative estimate of drug-likeness (QED) is 0.827. The second-order valence-electron chi connectivity index (χ2n) is 7.72. The van der Waals surface area contributed by atoms with Gasteiger partial charge in [-0.25, -0.2) is 0 Å². The van der Waals surface area contributed by atoms with Crippen LogP contribution >= 0.6 is 0 Å². The zero-order valence-corrected chi connectivity index (χ0v) is 17.4. The highest BCUT2D eigenvalue weighted by Gasteiger charge is 2.29. The van der Waals surface area contributed by atoms with Gasteiger partial charge < -0.3 is 10.1 Å². The first-order valence-electron chi connectivity index (χ1n) is 10.0. The van der Waals surface area contributed by atoms with Gasteiger partial charge in [0, 0.05) is 19.7 Å². The maximum atomic E-state index is 11.7. The molecular weight excluding hydrogens is 350 g/mol. The predicted octanol–water partition coefficient (Wildman–Crippen LogP) is 3.80. The van der Waals surface area contributed by atoms with Crippen LogP contribution in [-0.4, -0.2) is 36.0 Å². The Balaban J connectivity index is 1.65. The van der Waals surface area contributed by atoms with Crippen molar-refractivity contribution in [1.82, 2.24) is 15.2 Å². The number of nitrogens with one attached hydrogen (secondary N) is 1. The van der Waals surface area contributed by atoms with E-state index in [-0.39, 0.29) is 11.9 Å². The Kier molecular flexibility index (Phi) is 6.68. The van der Waals surface area contributed by atoms with Gasteiger partial charge in [0.15, 0.2) is 0 Å². The van der Waals surface area contributed by atoms with Gasteiger partial charge in [-0.2, -0.15) is 0 Å². The topological polar surface area (TPSA) is 54.5 Å². The lowest BCUT2D eigenvalue weighted by molar-refractivity contribution is -0.120. The number of piperidine rings is 1. The minimum atomic E-state index is -0.00850. The fourth-order valence-corrected chi connectivity index (χ4v) is 4.14. The molecule has 1 atom stereocenters. The molecule has 0 radical (unpaired) electrons. The number of likely N-dealkylation sites (tertiary alicyclic amines) is 1. The Morgan fingerprint density at radius 2 is 1.96 bits per heavy atom. The molecule has 0 bridgehead atoms. The fraction of sp³-hybridized carbons (Fsp3) is 0.478. The third kappa shape index (κ3) is 4.71. The summed E-state index contributed by atoms with van der Waals surface area (Å²) in [6, 6.07) is 10.2. The van der Waals surface area contributed by atoms with Gasteiger partial charge in [-0.05, 0) is 80.6 Å². The average molecular weight is 382 g/mol. The molecule has 150 valence electrons. The number of rotatable bonds is 6. The second-order valence-corrected chi connectivity index (χ2v) is 7.72. The van der Waals surface area contributed by atoms with Gasteiger partial charge in [0.25, 0.3) is 0 Å². The lowest BCUT2D eigenvalue weighted by atomic mass is 9.87. The first-order valence-corrected chi connectivity index (χ1v) is 10.0. The Morgan fingerprint density at radius 1 is 1.21 bits per heavy atom. The summed E-state index contributed by atoms with van der Waals surface area (Å²) in [4.78, 5) is 18.7. The molecule has 5 nitrogen and oxygen atoms in total. The van der Waals surface area contributed by atoms with Crippen LogP contribution in [0.1, 0.15) is 48.2 Å². The molecule has 0 spiro atoms. The van der Waals surface area contributed by atoms with E-state index in [1.54, 1.807) is 20.2 Å². The highest BCUT2D eigenvalue weighted by Crippen LogP contribution is 2.31. The number of pyridine rings is 1. The summed E-state index contributed by atoms with van der Waals surface area (Å²) in [6.45, 7) is 8.89. The van der Waals surface area contributed by atoms with Crippen LogP contribution in [0.3, 0.4) is 0 Å². The summed E-state index contributed by atoms with van der Waals surface area (Å²) in [6.07, 6.45) is 3.90. The maximum Gasteiger partial charge on any atom is 0.217 e. The van der Waals surface area contributed by atoms with Crippen molar-refractivity contribution in [3.05, 3.63) is 58.9 Å². The molecular formula is C23H31N3O2. The number of nitrogens with zero attached hydrogens (tertiary/aromatic N) is 2. The van der Waals surface area contributed by atoms with E-state index >= 15 is 0 Å². The molecule has 3 rings (SSSR count). The molecule has 1 aromatic carbocycles. The zero-order chi connectivity index (χ0) is 20.1. The first-order chi connectivity index (χ1) is 13.5. The summed E-state index contributed by atoms with van der Waals surface area (Å²) >= 11 is 0. The van der Waals surface area contributed by atoms with Crippen LogP contribution in [0.25, 0.3) is 0 Å². The summed E-state index contributed by atoms with van der Waals surface area (Å²) in [7, 11) is 1.72. The molecule has 2 heterocycles. The van der Waals surface area contributed by atoms with E-state index in [1.807, 2.05) is 18.2 Å². The average Bonchev–Trinajstić information content (AvgIpc) is 2.71. The number of ether oxygens (including phenoxy) is 1. The molecule has 0 aliphatic carbocycles. The molecule has 1 N–H and O–H groups in total. The SMILES string of the molecule is COc1ccc(CN2CCC([C@@H](NC(C)=O)c3ccccn3)CC2)c(C)c1C. The normalized spacial score (nSPS) is 16.6. The molecule has 5 heteroatoms. The summed E-state index contributed by atoms with van der Waals surface area (Å²) in [5.74, 6) is 1.37. The van der Waals surface area contributed by atoms with E-state index in [0.717, 1.165) is 43.9 Å². The van der Waals surface area contributed by atoms with Crippen molar-refractivity contribution < 1.29 is 9.53 Å². The van der Waals surface area contributed by atoms with E-state index in [9.17, 15) is 4.79 Å². The standard InChI is InChI=1S/C23H31N3O2/c1-16-17(2)22(28-4)9-8-20(16)15-26-13-10-19(11-14-26)23(25-18(3)27)21-7-5-6-12-24-21/h5-9,12,19,23H,10-11,13-15H2,1-4H3,(H,25,27)/t23-/m1/s1. The van der Waals surface area contributed by atoms with Crippen LogP contribution < -0.4 is 10.1 Å². The minimum Gasteiger partial charge on any atom is -0.496 e. The molecule has 1 fully saturated rings. The Bertz CT molecular complexity index is 799. The molecule has 1 amide bonds. The lowest BCUT2D eigenvalue weighted by Crippen LogP contribution is -2.40. The Morgan fingerprint density at radius 3 is 2.57 bits per heavy atom. The van der Waals surface area contributed by atoms with E-state index < -0.39 is 0 Å². The van der Waals surface area contributed by atoms with Crippen LogP contribution in [0.4, 0.5) is 0 Å². The molecule has 28 heavy (non-hydrogen) atoms. The first kappa shape index (κ1) is 20.3. The molecule has 0 saturated carbocycles. The van der Waals surface area contributed by atoms with Crippen molar-refractivity contribution in [1.29, 1.82) is 0 Å². The van der Waals surface area contributed by atoms with E-state index in [2.05, 4.69) is 41.2 Å². The van der Waals surface area contributed by atoms with Gasteiger partial charge in [0.05, 0.1) is 18.8 Å².